The first-order valence-electron chi connectivity index (χ1n) is 6.89. The summed E-state index contributed by atoms with van der Waals surface area (Å²) in [5.41, 5.74) is 3.87. The fourth-order valence-electron chi connectivity index (χ4n) is 2.85. The van der Waals surface area contributed by atoms with Crippen molar-refractivity contribution in [1.29, 1.82) is 0 Å². The predicted octanol–water partition coefficient (Wildman–Crippen LogP) is 3.46. The summed E-state index contributed by atoms with van der Waals surface area (Å²) in [6, 6.07) is 2.80. The molecule has 3 rings (SSSR count). The molecule has 0 N–H and O–H groups in total. The van der Waals surface area contributed by atoms with Crippen molar-refractivity contribution >= 4 is 0 Å². The van der Waals surface area contributed by atoms with E-state index >= 15 is 0 Å². The fraction of sp³-hybridized carbons (Fsp3) is 0.533. The molecule has 18 heavy (non-hydrogen) atoms. The van der Waals surface area contributed by atoms with Gasteiger partial charge in [-0.2, -0.15) is 5.10 Å². The molecule has 2 heterocycles. The number of hydrogen-bond donors (Lipinski definition) is 0. The van der Waals surface area contributed by atoms with E-state index in [-0.39, 0.29) is 0 Å². The van der Waals surface area contributed by atoms with E-state index in [2.05, 4.69) is 47.8 Å². The van der Waals surface area contributed by atoms with Crippen LogP contribution >= 0.6 is 0 Å². The Morgan fingerprint density at radius 2 is 1.83 bits per heavy atom. The summed E-state index contributed by atoms with van der Waals surface area (Å²) >= 11 is 0. The average molecular weight is 243 g/mol. The standard InChI is InChI=1S/C15H21N3/c1-12-9-17(10-13(12)2)11-14-7-8-18(16-14)15-5-3-4-6-15/h7-10,15H,3-6,11H2,1-2H3. The molecule has 2 aromatic heterocycles. The van der Waals surface area contributed by atoms with Crippen molar-refractivity contribution in [3.63, 3.8) is 0 Å². The van der Waals surface area contributed by atoms with Crippen molar-refractivity contribution < 1.29 is 0 Å². The lowest BCUT2D eigenvalue weighted by Crippen LogP contribution is -2.06. The number of nitrogens with zero attached hydrogens (tertiary/aromatic N) is 3. The minimum atomic E-state index is 0.645. The second-order valence-electron chi connectivity index (χ2n) is 5.52. The van der Waals surface area contributed by atoms with Gasteiger partial charge in [-0.3, -0.25) is 4.68 Å². The van der Waals surface area contributed by atoms with Crippen LogP contribution < -0.4 is 0 Å². The topological polar surface area (TPSA) is 22.8 Å². The minimum Gasteiger partial charge on any atom is -0.348 e. The normalized spacial score (nSPS) is 16.6. The lowest BCUT2D eigenvalue weighted by molar-refractivity contribution is 0.461. The average Bonchev–Trinajstić information content (AvgIpc) is 3.02. The third kappa shape index (κ3) is 2.22. The zero-order valence-electron chi connectivity index (χ0n) is 11.3. The van der Waals surface area contributed by atoms with Gasteiger partial charge >= 0.3 is 0 Å². The maximum atomic E-state index is 4.72. The summed E-state index contributed by atoms with van der Waals surface area (Å²) in [6.07, 6.45) is 11.8. The van der Waals surface area contributed by atoms with Gasteiger partial charge in [-0.05, 0) is 43.9 Å². The maximum Gasteiger partial charge on any atom is 0.0821 e. The Bertz CT molecular complexity index is 510. The molecule has 2 aromatic rings. The zero-order valence-corrected chi connectivity index (χ0v) is 11.3. The molecule has 0 bridgehead atoms. The summed E-state index contributed by atoms with van der Waals surface area (Å²) in [5, 5.41) is 4.72. The van der Waals surface area contributed by atoms with Crippen LogP contribution in [0.15, 0.2) is 24.7 Å². The quantitative estimate of drug-likeness (QED) is 0.809. The van der Waals surface area contributed by atoms with Gasteiger partial charge in [-0.25, -0.2) is 0 Å². The number of aromatic nitrogens is 3. The first-order valence-corrected chi connectivity index (χ1v) is 6.89. The molecule has 3 heteroatoms. The van der Waals surface area contributed by atoms with Crippen LogP contribution in [0.2, 0.25) is 0 Å². The molecular formula is C15H21N3. The number of hydrogen-bond acceptors (Lipinski definition) is 1. The van der Waals surface area contributed by atoms with Gasteiger partial charge < -0.3 is 4.57 Å². The summed E-state index contributed by atoms with van der Waals surface area (Å²) in [6.45, 7) is 5.19. The molecule has 0 spiro atoms. The highest BCUT2D eigenvalue weighted by molar-refractivity contribution is 5.21. The second kappa shape index (κ2) is 4.63. The molecule has 0 atom stereocenters. The largest absolute Gasteiger partial charge is 0.348 e. The van der Waals surface area contributed by atoms with Crippen LogP contribution in [0, 0.1) is 13.8 Å². The molecular weight excluding hydrogens is 222 g/mol. The summed E-state index contributed by atoms with van der Waals surface area (Å²) in [4.78, 5) is 0. The Kier molecular flexibility index (Phi) is 2.98. The Balaban J connectivity index is 1.73. The monoisotopic (exact) mass is 243 g/mol. The molecule has 96 valence electrons. The predicted molar refractivity (Wildman–Crippen MR) is 72.7 cm³/mol. The Labute approximate surface area is 108 Å². The molecule has 0 aromatic carbocycles. The van der Waals surface area contributed by atoms with E-state index < -0.39 is 0 Å². The van der Waals surface area contributed by atoms with Crippen LogP contribution in [0.1, 0.15) is 48.5 Å². The minimum absolute atomic E-state index is 0.645. The van der Waals surface area contributed by atoms with E-state index in [1.165, 1.54) is 36.8 Å². The van der Waals surface area contributed by atoms with Gasteiger partial charge in [0, 0.05) is 18.6 Å². The molecule has 0 unspecified atom stereocenters. The molecule has 0 saturated heterocycles. The van der Waals surface area contributed by atoms with E-state index in [9.17, 15) is 0 Å². The van der Waals surface area contributed by atoms with E-state index in [1.807, 2.05) is 0 Å². The molecule has 1 aliphatic carbocycles. The highest BCUT2D eigenvalue weighted by Crippen LogP contribution is 2.28. The summed E-state index contributed by atoms with van der Waals surface area (Å²) < 4.78 is 4.40. The maximum absolute atomic E-state index is 4.72. The van der Waals surface area contributed by atoms with Gasteiger partial charge in [0.2, 0.25) is 0 Å². The zero-order chi connectivity index (χ0) is 12.5. The van der Waals surface area contributed by atoms with Crippen molar-refractivity contribution in [2.75, 3.05) is 0 Å². The SMILES string of the molecule is Cc1cn(Cc2ccn(C3CCCC3)n2)cc1C. The molecule has 1 fully saturated rings. The van der Waals surface area contributed by atoms with Crippen molar-refractivity contribution in [3.05, 3.63) is 41.5 Å². The Hall–Kier alpha value is -1.51. The smallest absolute Gasteiger partial charge is 0.0821 e. The number of aryl methyl sites for hydroxylation is 2. The van der Waals surface area contributed by atoms with Crippen LogP contribution in [0.5, 0.6) is 0 Å². The van der Waals surface area contributed by atoms with E-state index in [4.69, 9.17) is 5.10 Å². The van der Waals surface area contributed by atoms with Crippen LogP contribution in [-0.4, -0.2) is 14.3 Å². The van der Waals surface area contributed by atoms with Crippen molar-refractivity contribution in [2.45, 2.75) is 52.1 Å². The van der Waals surface area contributed by atoms with Crippen LogP contribution in [0.4, 0.5) is 0 Å². The third-order valence-electron chi connectivity index (χ3n) is 4.05. The first-order chi connectivity index (χ1) is 8.72. The molecule has 1 aliphatic rings. The molecule has 0 radical (unpaired) electrons. The lowest BCUT2D eigenvalue weighted by atomic mass is 10.2. The second-order valence-corrected chi connectivity index (χ2v) is 5.52. The van der Waals surface area contributed by atoms with Crippen LogP contribution in [0.3, 0.4) is 0 Å². The molecule has 0 aliphatic heterocycles. The summed E-state index contributed by atoms with van der Waals surface area (Å²) in [5.74, 6) is 0. The van der Waals surface area contributed by atoms with E-state index in [1.54, 1.807) is 0 Å². The third-order valence-corrected chi connectivity index (χ3v) is 4.05. The highest BCUT2D eigenvalue weighted by atomic mass is 15.3. The van der Waals surface area contributed by atoms with Gasteiger partial charge in [0.05, 0.1) is 18.3 Å². The van der Waals surface area contributed by atoms with E-state index in [0.29, 0.717) is 6.04 Å². The van der Waals surface area contributed by atoms with Gasteiger partial charge in [0.15, 0.2) is 0 Å². The Morgan fingerprint density at radius 3 is 2.50 bits per heavy atom. The first kappa shape index (κ1) is 11.6. The fourth-order valence-corrected chi connectivity index (χ4v) is 2.85. The molecule has 1 saturated carbocycles. The van der Waals surface area contributed by atoms with Gasteiger partial charge in [-0.15, -0.1) is 0 Å². The van der Waals surface area contributed by atoms with Crippen LogP contribution in [0.25, 0.3) is 0 Å². The highest BCUT2D eigenvalue weighted by Gasteiger charge is 2.17. The van der Waals surface area contributed by atoms with Crippen molar-refractivity contribution in [1.82, 2.24) is 14.3 Å². The van der Waals surface area contributed by atoms with Crippen molar-refractivity contribution in [3.8, 4) is 0 Å². The Morgan fingerprint density at radius 1 is 1.17 bits per heavy atom. The van der Waals surface area contributed by atoms with E-state index in [0.717, 1.165) is 12.2 Å². The van der Waals surface area contributed by atoms with Crippen LogP contribution in [-0.2, 0) is 6.54 Å². The van der Waals surface area contributed by atoms with Gasteiger partial charge in [0.1, 0.15) is 0 Å². The van der Waals surface area contributed by atoms with Gasteiger partial charge in [-0.1, -0.05) is 12.8 Å². The molecule has 0 amide bonds. The molecule has 3 nitrogen and oxygen atoms in total. The summed E-state index contributed by atoms with van der Waals surface area (Å²) in [7, 11) is 0. The van der Waals surface area contributed by atoms with Crippen molar-refractivity contribution in [2.24, 2.45) is 0 Å². The van der Waals surface area contributed by atoms with Gasteiger partial charge in [0.25, 0.3) is 0 Å². The number of rotatable bonds is 3. The lowest BCUT2D eigenvalue weighted by Gasteiger charge is -2.08.